The third-order valence-electron chi connectivity index (χ3n) is 1.67. The molecule has 0 aliphatic heterocycles. The van der Waals surface area contributed by atoms with Gasteiger partial charge in [0.05, 0.1) is 6.61 Å². The molecule has 0 saturated carbocycles. The van der Waals surface area contributed by atoms with Crippen molar-refractivity contribution >= 4 is 0 Å². The van der Waals surface area contributed by atoms with Gasteiger partial charge in [-0.3, -0.25) is 0 Å². The Kier molecular flexibility index (Phi) is 3.19. The van der Waals surface area contributed by atoms with Crippen LogP contribution < -0.4 is 0 Å². The standard InChI is InChI=1S/C9H11FO2/c1-12-9(6-11)7-3-2-4-8(10)5-7/h2-5,9,11H,6H2,1H3. The van der Waals surface area contributed by atoms with E-state index in [2.05, 4.69) is 0 Å². The summed E-state index contributed by atoms with van der Waals surface area (Å²) in [7, 11) is 1.48. The van der Waals surface area contributed by atoms with Gasteiger partial charge < -0.3 is 9.84 Å². The zero-order valence-electron chi connectivity index (χ0n) is 6.83. The Morgan fingerprint density at radius 1 is 1.58 bits per heavy atom. The molecule has 0 heterocycles. The molecule has 0 spiro atoms. The van der Waals surface area contributed by atoms with Crippen LogP contribution in [0, 0.1) is 5.82 Å². The molecule has 0 aliphatic carbocycles. The van der Waals surface area contributed by atoms with Gasteiger partial charge in [0, 0.05) is 7.11 Å². The molecule has 0 radical (unpaired) electrons. The fraction of sp³-hybridized carbons (Fsp3) is 0.333. The van der Waals surface area contributed by atoms with Gasteiger partial charge in [-0.2, -0.15) is 0 Å². The summed E-state index contributed by atoms with van der Waals surface area (Å²) in [5.41, 5.74) is 0.653. The van der Waals surface area contributed by atoms with E-state index in [1.165, 1.54) is 19.2 Å². The Morgan fingerprint density at radius 2 is 2.33 bits per heavy atom. The van der Waals surface area contributed by atoms with E-state index in [9.17, 15) is 4.39 Å². The van der Waals surface area contributed by atoms with Crippen LogP contribution in [0.5, 0.6) is 0 Å². The quantitative estimate of drug-likeness (QED) is 0.745. The number of aliphatic hydroxyl groups excluding tert-OH is 1. The smallest absolute Gasteiger partial charge is 0.123 e. The molecule has 0 fully saturated rings. The molecule has 1 rings (SSSR count). The number of ether oxygens (including phenoxy) is 1. The number of hydrogen-bond acceptors (Lipinski definition) is 2. The summed E-state index contributed by atoms with van der Waals surface area (Å²) in [6.07, 6.45) is -0.430. The fourth-order valence-corrected chi connectivity index (χ4v) is 1.02. The predicted molar refractivity (Wildman–Crippen MR) is 43.2 cm³/mol. The first kappa shape index (κ1) is 9.16. The van der Waals surface area contributed by atoms with Crippen LogP contribution in [-0.2, 0) is 4.74 Å². The number of benzene rings is 1. The highest BCUT2D eigenvalue weighted by molar-refractivity contribution is 5.18. The third-order valence-corrected chi connectivity index (χ3v) is 1.67. The van der Waals surface area contributed by atoms with Gasteiger partial charge in [0.15, 0.2) is 0 Å². The zero-order valence-corrected chi connectivity index (χ0v) is 6.83. The topological polar surface area (TPSA) is 29.5 Å². The van der Waals surface area contributed by atoms with Crippen molar-refractivity contribution in [2.24, 2.45) is 0 Å². The number of halogens is 1. The monoisotopic (exact) mass is 170 g/mol. The van der Waals surface area contributed by atoms with Gasteiger partial charge in [-0.25, -0.2) is 4.39 Å². The van der Waals surface area contributed by atoms with Crippen LogP contribution in [0.15, 0.2) is 24.3 Å². The van der Waals surface area contributed by atoms with E-state index in [0.717, 1.165) is 0 Å². The van der Waals surface area contributed by atoms with Gasteiger partial charge in [-0.15, -0.1) is 0 Å². The van der Waals surface area contributed by atoms with Gasteiger partial charge in [0.1, 0.15) is 11.9 Å². The minimum absolute atomic E-state index is 0.139. The van der Waals surface area contributed by atoms with E-state index in [-0.39, 0.29) is 12.4 Å². The van der Waals surface area contributed by atoms with Crippen LogP contribution in [0.4, 0.5) is 4.39 Å². The van der Waals surface area contributed by atoms with Crippen molar-refractivity contribution in [3.63, 3.8) is 0 Å². The first-order valence-electron chi connectivity index (χ1n) is 3.67. The maximum atomic E-state index is 12.7. The molecule has 0 aliphatic rings. The molecule has 3 heteroatoms. The molecule has 1 aromatic carbocycles. The lowest BCUT2D eigenvalue weighted by atomic mass is 10.1. The minimum Gasteiger partial charge on any atom is -0.393 e. The molecule has 1 unspecified atom stereocenters. The molecule has 0 saturated heterocycles. The number of hydrogen-bond donors (Lipinski definition) is 1. The molecule has 2 nitrogen and oxygen atoms in total. The second-order valence-electron chi connectivity index (χ2n) is 2.46. The van der Waals surface area contributed by atoms with Crippen molar-refractivity contribution in [2.75, 3.05) is 13.7 Å². The molecule has 1 aromatic rings. The normalized spacial score (nSPS) is 12.9. The Hall–Kier alpha value is -0.930. The number of methoxy groups -OCH3 is 1. The Labute approximate surface area is 70.6 Å². The summed E-state index contributed by atoms with van der Waals surface area (Å²) >= 11 is 0. The minimum atomic E-state index is -0.430. The summed E-state index contributed by atoms with van der Waals surface area (Å²) in [6, 6.07) is 6.01. The first-order valence-corrected chi connectivity index (χ1v) is 3.67. The van der Waals surface area contributed by atoms with Crippen LogP contribution in [0.25, 0.3) is 0 Å². The highest BCUT2D eigenvalue weighted by Crippen LogP contribution is 2.16. The van der Waals surface area contributed by atoms with E-state index in [0.29, 0.717) is 5.56 Å². The van der Waals surface area contributed by atoms with Crippen LogP contribution >= 0.6 is 0 Å². The van der Waals surface area contributed by atoms with Crippen molar-refractivity contribution in [1.29, 1.82) is 0 Å². The summed E-state index contributed by atoms with van der Waals surface area (Å²) in [6.45, 7) is -0.139. The Bertz CT molecular complexity index is 246. The van der Waals surface area contributed by atoms with Crippen molar-refractivity contribution in [2.45, 2.75) is 6.10 Å². The summed E-state index contributed by atoms with van der Waals surface area (Å²) in [5, 5.41) is 8.82. The van der Waals surface area contributed by atoms with Crippen molar-refractivity contribution in [1.82, 2.24) is 0 Å². The lowest BCUT2D eigenvalue weighted by molar-refractivity contribution is 0.0482. The average molecular weight is 170 g/mol. The van der Waals surface area contributed by atoms with E-state index < -0.39 is 6.10 Å². The van der Waals surface area contributed by atoms with E-state index >= 15 is 0 Å². The second-order valence-corrected chi connectivity index (χ2v) is 2.46. The van der Waals surface area contributed by atoms with Crippen LogP contribution in [-0.4, -0.2) is 18.8 Å². The van der Waals surface area contributed by atoms with E-state index in [4.69, 9.17) is 9.84 Å². The third kappa shape index (κ3) is 2.03. The fourth-order valence-electron chi connectivity index (χ4n) is 1.02. The molecule has 66 valence electrons. The Balaban J connectivity index is 2.85. The lowest BCUT2D eigenvalue weighted by Gasteiger charge is -2.11. The van der Waals surface area contributed by atoms with Crippen LogP contribution in [0.1, 0.15) is 11.7 Å². The van der Waals surface area contributed by atoms with Gasteiger partial charge in [0.25, 0.3) is 0 Å². The SMILES string of the molecule is COC(CO)c1cccc(F)c1. The van der Waals surface area contributed by atoms with E-state index in [1.807, 2.05) is 0 Å². The van der Waals surface area contributed by atoms with Gasteiger partial charge in [-0.05, 0) is 17.7 Å². The lowest BCUT2D eigenvalue weighted by Crippen LogP contribution is -2.06. The maximum absolute atomic E-state index is 12.7. The summed E-state index contributed by atoms with van der Waals surface area (Å²) in [4.78, 5) is 0. The maximum Gasteiger partial charge on any atom is 0.123 e. The van der Waals surface area contributed by atoms with Crippen molar-refractivity contribution in [3.8, 4) is 0 Å². The largest absolute Gasteiger partial charge is 0.393 e. The summed E-state index contributed by atoms with van der Waals surface area (Å²) in [5.74, 6) is -0.317. The molecular weight excluding hydrogens is 159 g/mol. The number of aliphatic hydroxyl groups is 1. The Morgan fingerprint density at radius 3 is 2.83 bits per heavy atom. The van der Waals surface area contributed by atoms with Gasteiger partial charge >= 0.3 is 0 Å². The van der Waals surface area contributed by atoms with Crippen LogP contribution in [0.3, 0.4) is 0 Å². The number of rotatable bonds is 3. The van der Waals surface area contributed by atoms with Crippen molar-refractivity contribution < 1.29 is 14.2 Å². The van der Waals surface area contributed by atoms with Gasteiger partial charge in [-0.1, -0.05) is 12.1 Å². The summed E-state index contributed by atoms with van der Waals surface area (Å²) < 4.78 is 17.6. The average Bonchev–Trinajstić information content (AvgIpc) is 2.07. The van der Waals surface area contributed by atoms with E-state index in [1.54, 1.807) is 12.1 Å². The highest BCUT2D eigenvalue weighted by Gasteiger charge is 2.08. The molecular formula is C9H11FO2. The van der Waals surface area contributed by atoms with Crippen LogP contribution in [0.2, 0.25) is 0 Å². The first-order chi connectivity index (χ1) is 5.77. The zero-order chi connectivity index (χ0) is 8.97. The predicted octanol–water partition coefficient (Wildman–Crippen LogP) is 1.51. The molecule has 0 aromatic heterocycles. The molecule has 1 atom stereocenters. The second kappa shape index (κ2) is 4.18. The molecule has 1 N–H and O–H groups in total. The molecule has 12 heavy (non-hydrogen) atoms. The molecule has 0 bridgehead atoms. The highest BCUT2D eigenvalue weighted by atomic mass is 19.1. The van der Waals surface area contributed by atoms with Gasteiger partial charge in [0.2, 0.25) is 0 Å². The molecule has 0 amide bonds. The van der Waals surface area contributed by atoms with Crippen molar-refractivity contribution in [3.05, 3.63) is 35.6 Å².